The molecule has 1 aromatic carbocycles. The number of ether oxygens (including phenoxy) is 1. The maximum absolute atomic E-state index is 13.3. The number of nitrogens with zero attached hydrogens (tertiary/aromatic N) is 2. The number of nitrogens with one attached hydrogen (secondary N) is 1. The van der Waals surface area contributed by atoms with Gasteiger partial charge in [0.25, 0.3) is 5.56 Å². The molecule has 116 valence electrons. The molecule has 1 aliphatic heterocycles. The van der Waals surface area contributed by atoms with Crippen LogP contribution in [0.25, 0.3) is 0 Å². The average Bonchev–Trinajstić information content (AvgIpc) is 2.53. The molecular weight excluding hydrogens is 316 g/mol. The first-order valence-corrected chi connectivity index (χ1v) is 6.98. The summed E-state index contributed by atoms with van der Waals surface area (Å²) in [7, 11) is 0. The van der Waals surface area contributed by atoms with Crippen LogP contribution in [-0.2, 0) is 4.74 Å². The number of H-pyrrole nitrogens is 1. The van der Waals surface area contributed by atoms with Crippen LogP contribution in [0.5, 0.6) is 0 Å². The minimum absolute atomic E-state index is 0.00849. The zero-order chi connectivity index (χ0) is 15.7. The van der Waals surface area contributed by atoms with Gasteiger partial charge in [-0.1, -0.05) is 17.7 Å². The van der Waals surface area contributed by atoms with Crippen molar-refractivity contribution in [1.82, 2.24) is 9.97 Å². The highest BCUT2D eigenvalue weighted by Gasteiger charge is 2.24. The molecule has 0 aliphatic carbocycles. The lowest BCUT2D eigenvalue weighted by Crippen LogP contribution is -2.40. The Balaban J connectivity index is 1.83. The Labute approximate surface area is 129 Å². The fraction of sp³-hybridized carbons (Fsp3) is 0.286. The fourth-order valence-corrected chi connectivity index (χ4v) is 2.38. The Bertz CT molecular complexity index is 753. The smallest absolute Gasteiger partial charge is 0.271 e. The van der Waals surface area contributed by atoms with E-state index in [1.807, 2.05) is 0 Å². The van der Waals surface area contributed by atoms with Crippen LogP contribution in [0.1, 0.15) is 11.7 Å². The molecule has 0 bridgehead atoms. The van der Waals surface area contributed by atoms with E-state index in [9.17, 15) is 13.6 Å². The first kappa shape index (κ1) is 14.9. The lowest BCUT2D eigenvalue weighted by Gasteiger charge is -2.33. The maximum Gasteiger partial charge on any atom is 0.271 e. The molecule has 0 amide bonds. The Kier molecular flexibility index (Phi) is 4.08. The van der Waals surface area contributed by atoms with Crippen LogP contribution >= 0.6 is 11.6 Å². The van der Waals surface area contributed by atoms with Gasteiger partial charge in [0.15, 0.2) is 11.6 Å². The molecule has 1 saturated heterocycles. The third kappa shape index (κ3) is 2.95. The summed E-state index contributed by atoms with van der Waals surface area (Å²) < 4.78 is 31.9. The Hall–Kier alpha value is -1.99. The Morgan fingerprint density at radius 1 is 1.36 bits per heavy atom. The lowest BCUT2D eigenvalue weighted by atomic mass is 10.1. The van der Waals surface area contributed by atoms with Crippen molar-refractivity contribution in [2.45, 2.75) is 6.10 Å². The molecule has 1 fully saturated rings. The van der Waals surface area contributed by atoms with E-state index in [2.05, 4.69) is 9.97 Å². The number of benzene rings is 1. The second-order valence-electron chi connectivity index (χ2n) is 4.86. The zero-order valence-electron chi connectivity index (χ0n) is 11.4. The third-order valence-corrected chi connectivity index (χ3v) is 3.69. The number of aromatic amines is 1. The standard InChI is InChI=1S/C14H12ClF2N3O2/c15-9-6-18-14(19-13(9)21)20-3-4-22-12(7-20)8-1-2-10(16)11(17)5-8/h1-2,5-6,12H,3-4,7H2,(H,18,19,21). The van der Waals surface area contributed by atoms with E-state index in [1.165, 1.54) is 12.3 Å². The minimum atomic E-state index is -0.920. The van der Waals surface area contributed by atoms with Crippen LogP contribution < -0.4 is 10.5 Å². The quantitative estimate of drug-likeness (QED) is 0.919. The van der Waals surface area contributed by atoms with Gasteiger partial charge in [-0.3, -0.25) is 9.78 Å². The third-order valence-electron chi connectivity index (χ3n) is 3.42. The predicted molar refractivity (Wildman–Crippen MR) is 77.1 cm³/mol. The van der Waals surface area contributed by atoms with Gasteiger partial charge in [0.1, 0.15) is 11.1 Å². The van der Waals surface area contributed by atoms with E-state index < -0.39 is 23.3 Å². The summed E-state index contributed by atoms with van der Waals surface area (Å²) in [5, 5.41) is 0.00849. The molecule has 1 atom stereocenters. The van der Waals surface area contributed by atoms with E-state index in [1.54, 1.807) is 4.90 Å². The monoisotopic (exact) mass is 327 g/mol. The van der Waals surface area contributed by atoms with E-state index in [4.69, 9.17) is 16.3 Å². The van der Waals surface area contributed by atoms with Crippen molar-refractivity contribution in [1.29, 1.82) is 0 Å². The molecule has 2 aromatic rings. The van der Waals surface area contributed by atoms with Gasteiger partial charge in [0.05, 0.1) is 19.3 Å². The van der Waals surface area contributed by atoms with Crippen molar-refractivity contribution in [3.05, 3.63) is 57.0 Å². The molecule has 5 nitrogen and oxygen atoms in total. The van der Waals surface area contributed by atoms with Crippen LogP contribution in [0.15, 0.2) is 29.2 Å². The molecule has 22 heavy (non-hydrogen) atoms. The van der Waals surface area contributed by atoms with Gasteiger partial charge in [-0.2, -0.15) is 0 Å². The van der Waals surface area contributed by atoms with Crippen molar-refractivity contribution in [2.24, 2.45) is 0 Å². The van der Waals surface area contributed by atoms with Crippen molar-refractivity contribution in [3.8, 4) is 0 Å². The van der Waals surface area contributed by atoms with E-state index in [0.717, 1.165) is 12.1 Å². The Morgan fingerprint density at radius 2 is 2.18 bits per heavy atom. The largest absolute Gasteiger partial charge is 0.370 e. The molecule has 2 heterocycles. The van der Waals surface area contributed by atoms with Crippen molar-refractivity contribution in [3.63, 3.8) is 0 Å². The number of hydrogen-bond acceptors (Lipinski definition) is 4. The SMILES string of the molecule is O=c1[nH]c(N2CCOC(c3ccc(F)c(F)c3)C2)ncc1Cl. The van der Waals surface area contributed by atoms with Crippen LogP contribution in [0.3, 0.4) is 0 Å². The molecule has 0 spiro atoms. The molecule has 0 saturated carbocycles. The van der Waals surface area contributed by atoms with E-state index in [0.29, 0.717) is 31.2 Å². The van der Waals surface area contributed by atoms with Crippen molar-refractivity contribution in [2.75, 3.05) is 24.6 Å². The highest BCUT2D eigenvalue weighted by molar-refractivity contribution is 6.30. The summed E-state index contributed by atoms with van der Waals surface area (Å²) in [6, 6.07) is 3.65. The van der Waals surface area contributed by atoms with Gasteiger partial charge in [0.2, 0.25) is 5.95 Å². The summed E-state index contributed by atoms with van der Waals surface area (Å²) in [4.78, 5) is 20.0. The molecule has 1 unspecified atom stereocenters. The molecule has 1 N–H and O–H groups in total. The number of rotatable bonds is 2. The van der Waals surface area contributed by atoms with Gasteiger partial charge in [0, 0.05) is 6.54 Å². The molecule has 1 aromatic heterocycles. The Morgan fingerprint density at radius 3 is 2.91 bits per heavy atom. The number of hydrogen-bond donors (Lipinski definition) is 1. The normalized spacial score (nSPS) is 18.5. The van der Waals surface area contributed by atoms with E-state index >= 15 is 0 Å². The summed E-state index contributed by atoms with van der Waals surface area (Å²) in [6.45, 7) is 1.25. The van der Waals surface area contributed by atoms with Gasteiger partial charge < -0.3 is 9.64 Å². The number of morpholine rings is 1. The molecule has 0 radical (unpaired) electrons. The topological polar surface area (TPSA) is 58.2 Å². The lowest BCUT2D eigenvalue weighted by molar-refractivity contribution is 0.0389. The second kappa shape index (κ2) is 6.02. The van der Waals surface area contributed by atoms with Crippen LogP contribution in [0.2, 0.25) is 5.02 Å². The van der Waals surface area contributed by atoms with Crippen molar-refractivity contribution < 1.29 is 13.5 Å². The summed E-state index contributed by atoms with van der Waals surface area (Å²) >= 11 is 5.65. The molecule has 1 aliphatic rings. The van der Waals surface area contributed by atoms with Gasteiger partial charge in [-0.05, 0) is 17.7 Å². The second-order valence-corrected chi connectivity index (χ2v) is 5.27. The zero-order valence-corrected chi connectivity index (χ0v) is 12.1. The maximum atomic E-state index is 13.3. The molecular formula is C14H12ClF2N3O2. The predicted octanol–water partition coefficient (Wildman–Crippen LogP) is 2.28. The molecule has 3 rings (SSSR count). The first-order valence-electron chi connectivity index (χ1n) is 6.61. The summed E-state index contributed by atoms with van der Waals surface area (Å²) in [5.41, 5.74) is 0.0995. The highest BCUT2D eigenvalue weighted by Crippen LogP contribution is 2.25. The first-order chi connectivity index (χ1) is 10.5. The highest BCUT2D eigenvalue weighted by atomic mass is 35.5. The van der Waals surface area contributed by atoms with Gasteiger partial charge in [-0.15, -0.1) is 0 Å². The fourth-order valence-electron chi connectivity index (χ4n) is 2.29. The van der Waals surface area contributed by atoms with E-state index in [-0.39, 0.29) is 5.02 Å². The number of halogens is 3. The minimum Gasteiger partial charge on any atom is -0.370 e. The molecule has 8 heteroatoms. The number of aromatic nitrogens is 2. The van der Waals surface area contributed by atoms with Gasteiger partial charge in [-0.25, -0.2) is 13.8 Å². The van der Waals surface area contributed by atoms with Crippen LogP contribution in [0.4, 0.5) is 14.7 Å². The summed E-state index contributed by atoms with van der Waals surface area (Å²) in [6.07, 6.45) is 0.836. The van der Waals surface area contributed by atoms with Crippen molar-refractivity contribution >= 4 is 17.5 Å². The van der Waals surface area contributed by atoms with Gasteiger partial charge >= 0.3 is 0 Å². The van der Waals surface area contributed by atoms with Crippen LogP contribution in [0, 0.1) is 11.6 Å². The summed E-state index contributed by atoms with van der Waals surface area (Å²) in [5.74, 6) is -1.46. The number of anilines is 1. The van der Waals surface area contributed by atoms with Crippen LogP contribution in [-0.4, -0.2) is 29.7 Å². The average molecular weight is 328 g/mol.